The van der Waals surface area contributed by atoms with Gasteiger partial charge in [0.15, 0.2) is 0 Å². The van der Waals surface area contributed by atoms with Gasteiger partial charge in [0, 0.05) is 0 Å². The summed E-state index contributed by atoms with van der Waals surface area (Å²) in [5.74, 6) is 0. The fourth-order valence-corrected chi connectivity index (χ4v) is 29.1. The Morgan fingerprint density at radius 2 is 0.773 bits per heavy atom. The smallest absolute Gasteiger partial charge is 0.346 e. The van der Waals surface area contributed by atoms with Crippen molar-refractivity contribution < 1.29 is 25.7 Å². The fourth-order valence-electron chi connectivity index (χ4n) is 3.03. The average molecular weight is 401 g/mol. The molecule has 1 saturated heterocycles. The molecule has 1 atom stereocenters. The van der Waals surface area contributed by atoms with E-state index >= 15 is 0 Å². The largest absolute Gasteiger partial charge is 0.416 e. The van der Waals surface area contributed by atoms with E-state index in [0.29, 0.717) is 0 Å². The molecule has 132 valence electrons. The van der Waals surface area contributed by atoms with Crippen molar-refractivity contribution in [2.45, 2.75) is 71.6 Å². The quantitative estimate of drug-likeness (QED) is 0.683. The molecule has 11 heteroatoms. The second kappa shape index (κ2) is 6.29. The van der Waals surface area contributed by atoms with Crippen LogP contribution in [0.2, 0.25) is 58.9 Å². The summed E-state index contributed by atoms with van der Waals surface area (Å²) in [6.45, 7) is 19.7. The maximum atomic E-state index is 10.3. The first-order valence-electron chi connectivity index (χ1n) is 7.67. The third-order valence-corrected chi connectivity index (χ3v) is 23.6. The average Bonchev–Trinajstić information content (AvgIpc) is 2.04. The molecule has 0 spiro atoms. The first kappa shape index (κ1) is 20.9. The van der Waals surface area contributed by atoms with Crippen LogP contribution in [0.15, 0.2) is 0 Å². The van der Waals surface area contributed by atoms with Crippen LogP contribution >= 0.6 is 0 Å². The zero-order valence-electron chi connectivity index (χ0n) is 15.6. The minimum atomic E-state index is -2.83. The van der Waals surface area contributed by atoms with E-state index in [2.05, 4.69) is 0 Å². The van der Waals surface area contributed by atoms with E-state index < -0.39 is 48.5 Å². The Bertz CT molecular complexity index is 382. The lowest BCUT2D eigenvalue weighted by atomic mass is 10.9. The Hall–Kier alpha value is 0.844. The molecule has 0 radical (unpaired) electrons. The maximum Gasteiger partial charge on any atom is 0.346 e. The first-order valence-corrected chi connectivity index (χ1v) is 21.3. The van der Waals surface area contributed by atoms with Gasteiger partial charge >= 0.3 is 42.8 Å². The Morgan fingerprint density at radius 3 is 1.00 bits per heavy atom. The van der Waals surface area contributed by atoms with E-state index in [9.17, 15) is 5.11 Å². The molecule has 1 rings (SSSR count). The van der Waals surface area contributed by atoms with Gasteiger partial charge in [-0.05, 0) is 65.8 Å². The highest BCUT2D eigenvalue weighted by atomic mass is 28.5. The normalized spacial score (nSPS) is 31.2. The SMILES string of the molecule is CC(O)[Si]1(C)O[Si](C)(C)O[Si](C)(C)O[Si](C)(C)O[Si](C)(C)O1. The summed E-state index contributed by atoms with van der Waals surface area (Å²) in [5.41, 5.74) is -0.659. The van der Waals surface area contributed by atoms with E-state index in [1.54, 1.807) is 6.92 Å². The summed E-state index contributed by atoms with van der Waals surface area (Å²) in [6, 6.07) is 0. The van der Waals surface area contributed by atoms with Gasteiger partial charge in [-0.1, -0.05) is 0 Å². The predicted molar refractivity (Wildman–Crippen MR) is 98.7 cm³/mol. The molecule has 0 aromatic carbocycles. The minimum absolute atomic E-state index is 0.659. The van der Waals surface area contributed by atoms with Crippen LogP contribution in [0.4, 0.5) is 0 Å². The van der Waals surface area contributed by atoms with Gasteiger partial charge in [-0.2, -0.15) is 0 Å². The van der Waals surface area contributed by atoms with Crippen LogP contribution in [-0.2, 0) is 20.6 Å². The van der Waals surface area contributed by atoms with Crippen LogP contribution in [0.25, 0.3) is 0 Å². The molecular weight excluding hydrogens is 369 g/mol. The molecule has 1 unspecified atom stereocenters. The molecule has 0 aromatic heterocycles. The van der Waals surface area contributed by atoms with Crippen molar-refractivity contribution in [3.8, 4) is 0 Å². The van der Waals surface area contributed by atoms with Gasteiger partial charge in [0.2, 0.25) is 0 Å². The van der Waals surface area contributed by atoms with Crippen LogP contribution in [0.5, 0.6) is 0 Å². The molecule has 1 heterocycles. The van der Waals surface area contributed by atoms with Crippen molar-refractivity contribution in [1.82, 2.24) is 0 Å². The van der Waals surface area contributed by atoms with E-state index in [4.69, 9.17) is 20.6 Å². The van der Waals surface area contributed by atoms with Gasteiger partial charge in [0.05, 0.1) is 5.73 Å². The summed E-state index contributed by atoms with van der Waals surface area (Å²) < 4.78 is 31.5. The van der Waals surface area contributed by atoms with Crippen molar-refractivity contribution in [2.24, 2.45) is 0 Å². The van der Waals surface area contributed by atoms with Crippen LogP contribution in [-0.4, -0.2) is 53.6 Å². The van der Waals surface area contributed by atoms with E-state index in [1.807, 2.05) is 58.9 Å². The molecule has 0 amide bonds. The predicted octanol–water partition coefficient (Wildman–Crippen LogP) is 2.88. The maximum absolute atomic E-state index is 10.3. The first-order chi connectivity index (χ1) is 9.48. The van der Waals surface area contributed by atoms with Crippen molar-refractivity contribution in [3.05, 3.63) is 0 Å². The van der Waals surface area contributed by atoms with Crippen LogP contribution in [0.3, 0.4) is 0 Å². The van der Waals surface area contributed by atoms with E-state index in [-0.39, 0.29) is 0 Å². The van der Waals surface area contributed by atoms with Gasteiger partial charge in [0.1, 0.15) is 0 Å². The highest BCUT2D eigenvalue weighted by Crippen LogP contribution is 2.31. The Morgan fingerprint density at radius 1 is 0.545 bits per heavy atom. The molecule has 0 bridgehead atoms. The molecule has 1 aliphatic rings. The number of rotatable bonds is 1. The molecule has 0 aliphatic carbocycles. The summed E-state index contributed by atoms with van der Waals surface area (Å²) in [4.78, 5) is 0. The Balaban J connectivity index is 3.28. The van der Waals surface area contributed by atoms with Crippen molar-refractivity contribution in [3.63, 3.8) is 0 Å². The zero-order valence-corrected chi connectivity index (χ0v) is 20.6. The van der Waals surface area contributed by atoms with Crippen LogP contribution in [0, 0.1) is 0 Å². The van der Waals surface area contributed by atoms with E-state index in [1.165, 1.54) is 0 Å². The number of aliphatic hydroxyl groups is 1. The molecule has 0 aromatic rings. The Kier molecular flexibility index (Phi) is 5.97. The van der Waals surface area contributed by atoms with Crippen molar-refractivity contribution in [1.29, 1.82) is 0 Å². The molecule has 1 N–H and O–H groups in total. The lowest BCUT2D eigenvalue weighted by Crippen LogP contribution is -2.67. The molecule has 1 aliphatic heterocycles. The van der Waals surface area contributed by atoms with Crippen molar-refractivity contribution >= 4 is 42.8 Å². The van der Waals surface area contributed by atoms with Crippen LogP contribution in [0.1, 0.15) is 6.92 Å². The standard InChI is InChI=1S/C11H32O6Si5/c1-11(12)22(10)16-20(6,7)14-18(2,3)13-19(4,5)15-21(8,9)17-22/h11-12H,1-10H3. The number of hydrogen-bond donors (Lipinski definition) is 1. The molecular formula is C11H32O6Si5. The third-order valence-electron chi connectivity index (χ3n) is 3.13. The number of hydrogen-bond acceptors (Lipinski definition) is 6. The van der Waals surface area contributed by atoms with Crippen molar-refractivity contribution in [2.75, 3.05) is 0 Å². The van der Waals surface area contributed by atoms with Gasteiger partial charge in [-0.3, -0.25) is 0 Å². The lowest BCUT2D eigenvalue weighted by molar-refractivity contribution is 0.173. The highest BCUT2D eigenvalue weighted by molar-refractivity contribution is 6.93. The van der Waals surface area contributed by atoms with E-state index in [0.717, 1.165) is 0 Å². The second-order valence-electron chi connectivity index (χ2n) is 7.80. The van der Waals surface area contributed by atoms with Gasteiger partial charge in [0.25, 0.3) is 0 Å². The number of aliphatic hydroxyl groups excluding tert-OH is 1. The summed E-state index contributed by atoms with van der Waals surface area (Å²) in [7, 11) is -12.6. The third kappa shape index (κ3) is 6.05. The van der Waals surface area contributed by atoms with Gasteiger partial charge in [-0.15, -0.1) is 0 Å². The molecule has 0 saturated carbocycles. The Labute approximate surface area is 140 Å². The minimum Gasteiger partial charge on any atom is -0.416 e. The molecule has 22 heavy (non-hydrogen) atoms. The zero-order chi connectivity index (χ0) is 17.6. The summed E-state index contributed by atoms with van der Waals surface area (Å²) in [6.07, 6.45) is 0. The molecule has 6 nitrogen and oxygen atoms in total. The second-order valence-corrected chi connectivity index (χ2v) is 26.0. The topological polar surface area (TPSA) is 66.4 Å². The highest BCUT2D eigenvalue weighted by Gasteiger charge is 2.54. The van der Waals surface area contributed by atoms with Crippen LogP contribution < -0.4 is 0 Å². The lowest BCUT2D eigenvalue weighted by Gasteiger charge is -2.47. The van der Waals surface area contributed by atoms with Gasteiger partial charge in [-0.25, -0.2) is 0 Å². The molecule has 1 fully saturated rings. The monoisotopic (exact) mass is 400 g/mol. The fraction of sp³-hybridized carbons (Fsp3) is 1.00. The summed E-state index contributed by atoms with van der Waals surface area (Å²) >= 11 is 0. The van der Waals surface area contributed by atoms with Gasteiger partial charge < -0.3 is 25.7 Å². The summed E-state index contributed by atoms with van der Waals surface area (Å²) in [5, 5.41) is 10.3.